The third-order valence-corrected chi connectivity index (χ3v) is 12.4. The number of carbonyl (C=O) groups excluding carboxylic acids is 5. The Morgan fingerprint density at radius 1 is 1.00 bits per heavy atom. The summed E-state index contributed by atoms with van der Waals surface area (Å²) in [5.74, 6) is -1.87. The fourth-order valence-corrected chi connectivity index (χ4v) is 8.50. The van der Waals surface area contributed by atoms with Gasteiger partial charge in [-0.1, -0.05) is 70.9 Å². The van der Waals surface area contributed by atoms with Crippen molar-refractivity contribution in [1.82, 2.24) is 20.0 Å². The lowest BCUT2D eigenvalue weighted by atomic mass is 9.70. The van der Waals surface area contributed by atoms with Gasteiger partial charge in [-0.2, -0.15) is 0 Å². The predicted molar refractivity (Wildman–Crippen MR) is 209 cm³/mol. The zero-order valence-corrected chi connectivity index (χ0v) is 33.6. The molecule has 3 aliphatic heterocycles. The van der Waals surface area contributed by atoms with Gasteiger partial charge in [0.05, 0.1) is 37.2 Å². The van der Waals surface area contributed by atoms with Crippen LogP contribution in [-0.4, -0.2) is 116 Å². The van der Waals surface area contributed by atoms with Crippen molar-refractivity contribution in [3.05, 3.63) is 47.7 Å². The smallest absolute Gasteiger partial charge is 0.308 e. The predicted octanol–water partition coefficient (Wildman–Crippen LogP) is 3.56. The number of methoxy groups -OCH3 is 1. The lowest BCUT2D eigenvalue weighted by Crippen LogP contribution is -2.65. The average molecular weight is 763 g/mol. The van der Waals surface area contributed by atoms with Crippen molar-refractivity contribution in [1.29, 1.82) is 0 Å². The molecule has 1 aliphatic carbocycles. The number of hydrogen-bond acceptors (Lipinski definition) is 9. The summed E-state index contributed by atoms with van der Waals surface area (Å²) < 4.78 is 11.3. The van der Waals surface area contributed by atoms with Crippen LogP contribution in [0.2, 0.25) is 0 Å². The molecule has 3 N–H and O–H groups in total. The maximum absolute atomic E-state index is 14.6. The summed E-state index contributed by atoms with van der Waals surface area (Å²) in [7, 11) is 1.37. The van der Waals surface area contributed by atoms with Crippen LogP contribution >= 0.6 is 0 Å². The zero-order valence-electron chi connectivity index (χ0n) is 33.6. The normalized spacial score (nSPS) is 23.6. The number of nitrogens with zero attached hydrogens (tertiary/aromatic N) is 4. The van der Waals surface area contributed by atoms with E-state index in [9.17, 15) is 24.0 Å². The summed E-state index contributed by atoms with van der Waals surface area (Å²) >= 11 is 0. The van der Waals surface area contributed by atoms with Crippen molar-refractivity contribution >= 4 is 35.8 Å². The van der Waals surface area contributed by atoms with Crippen LogP contribution in [0.25, 0.3) is 0 Å². The van der Waals surface area contributed by atoms with Crippen molar-refractivity contribution < 1.29 is 33.4 Å². The van der Waals surface area contributed by atoms with Crippen molar-refractivity contribution in [3.63, 3.8) is 0 Å². The van der Waals surface area contributed by atoms with E-state index < -0.39 is 23.5 Å². The van der Waals surface area contributed by atoms with Gasteiger partial charge in [0, 0.05) is 69.6 Å². The first-order valence-corrected chi connectivity index (χ1v) is 20.1. The van der Waals surface area contributed by atoms with E-state index in [0.717, 1.165) is 31.2 Å². The molecule has 0 aromatic heterocycles. The third-order valence-electron chi connectivity index (χ3n) is 12.4. The van der Waals surface area contributed by atoms with Gasteiger partial charge in [0.2, 0.25) is 17.7 Å². The topological polar surface area (TPSA) is 164 Å². The molecule has 4 fully saturated rings. The highest BCUT2D eigenvalue weighted by Crippen LogP contribution is 2.54. The Bertz CT molecular complexity index is 1600. The van der Waals surface area contributed by atoms with Gasteiger partial charge >= 0.3 is 5.97 Å². The van der Waals surface area contributed by atoms with Gasteiger partial charge < -0.3 is 35.2 Å². The van der Waals surface area contributed by atoms with Crippen LogP contribution in [0.15, 0.2) is 47.1 Å². The second-order valence-corrected chi connectivity index (χ2v) is 16.8. The number of esters is 1. The van der Waals surface area contributed by atoms with Crippen LogP contribution in [-0.2, 0) is 40.0 Å². The van der Waals surface area contributed by atoms with Crippen molar-refractivity contribution in [2.24, 2.45) is 45.2 Å². The molecule has 5 atom stereocenters. The SMILES string of the molecule is CCCC(CC)CO[C@H](C)[C@H](NC(=O)[C@@H]1CN(C(=O)/C(C=NCc2ccccc2)=C/N)CC12CN(C(=O)[C@H]1CC1(C)C)C2)C(=O)N1CCC(C(=O)OC)CC1. The molecule has 1 spiro atoms. The average Bonchev–Trinajstić information content (AvgIpc) is 3.63. The van der Waals surface area contributed by atoms with Crippen molar-refractivity contribution in [2.75, 3.05) is 53.0 Å². The summed E-state index contributed by atoms with van der Waals surface area (Å²) in [4.78, 5) is 78.1. The van der Waals surface area contributed by atoms with E-state index in [1.54, 1.807) is 9.80 Å². The molecular formula is C42H62N6O7. The minimum Gasteiger partial charge on any atom is -0.469 e. The Kier molecular flexibility index (Phi) is 13.8. The highest BCUT2D eigenvalue weighted by atomic mass is 16.5. The lowest BCUT2D eigenvalue weighted by Gasteiger charge is -2.50. The second kappa shape index (κ2) is 18.1. The van der Waals surface area contributed by atoms with Gasteiger partial charge in [0.1, 0.15) is 6.04 Å². The first kappa shape index (κ1) is 41.9. The van der Waals surface area contributed by atoms with Crippen LogP contribution in [0.5, 0.6) is 0 Å². The Balaban J connectivity index is 1.35. The van der Waals surface area contributed by atoms with Crippen LogP contribution in [0.3, 0.4) is 0 Å². The maximum Gasteiger partial charge on any atom is 0.308 e. The van der Waals surface area contributed by atoms with E-state index in [-0.39, 0.29) is 65.5 Å². The van der Waals surface area contributed by atoms with Crippen LogP contribution in [0, 0.1) is 34.5 Å². The summed E-state index contributed by atoms with van der Waals surface area (Å²) in [5, 5.41) is 3.09. The molecule has 4 aliphatic rings. The molecule has 1 saturated carbocycles. The molecule has 1 unspecified atom stereocenters. The number of hydrogen-bond donors (Lipinski definition) is 2. The van der Waals surface area contributed by atoms with E-state index in [0.29, 0.717) is 58.1 Å². The highest BCUT2D eigenvalue weighted by Gasteiger charge is 2.62. The minimum absolute atomic E-state index is 0.0445. The standard InChI is InChI=1S/C42H62N6O7/c1-7-12-29(8-2)24-55-28(3)35(39(52)46-17-15-31(16-18-46)40(53)54-6)45-36(49)34-23-47(25-42(34)26-48(27-42)38(51)33-19-41(33,4)5)37(50)32(20-43)22-44-21-30-13-10-9-11-14-30/h9-11,13-14,20,22,28-29,31,33-35H,7-8,12,15-19,21,23-27,43H2,1-6H3,(H,45,49)/b32-20+,44-22?/t28-,29?,33-,34+,35+/m1/s1. The molecule has 3 heterocycles. The Labute approximate surface area is 326 Å². The van der Waals surface area contributed by atoms with Crippen molar-refractivity contribution in [2.45, 2.75) is 91.8 Å². The van der Waals surface area contributed by atoms with Gasteiger partial charge in [-0.25, -0.2) is 0 Å². The summed E-state index contributed by atoms with van der Waals surface area (Å²) in [6, 6.07) is 8.69. The number of ether oxygens (including phenoxy) is 2. The molecule has 4 amide bonds. The molecule has 13 heteroatoms. The molecule has 55 heavy (non-hydrogen) atoms. The quantitative estimate of drug-likeness (QED) is 0.147. The molecular weight excluding hydrogens is 700 g/mol. The number of nitrogens with two attached hydrogens (primary N) is 1. The number of carbonyl (C=O) groups is 5. The first-order chi connectivity index (χ1) is 26.3. The van der Waals surface area contributed by atoms with E-state index in [2.05, 4.69) is 38.0 Å². The lowest BCUT2D eigenvalue weighted by molar-refractivity contribution is -0.154. The van der Waals surface area contributed by atoms with Gasteiger partial charge in [0.15, 0.2) is 0 Å². The third kappa shape index (κ3) is 9.77. The first-order valence-electron chi connectivity index (χ1n) is 20.1. The Morgan fingerprint density at radius 3 is 2.24 bits per heavy atom. The molecule has 3 saturated heterocycles. The van der Waals surface area contributed by atoms with Crippen LogP contribution in [0.4, 0.5) is 0 Å². The molecule has 13 nitrogen and oxygen atoms in total. The number of likely N-dealkylation sites (tertiary alicyclic amines) is 3. The molecule has 1 aromatic rings. The van der Waals surface area contributed by atoms with Crippen LogP contribution in [0.1, 0.15) is 78.7 Å². The van der Waals surface area contributed by atoms with Crippen LogP contribution < -0.4 is 11.1 Å². The molecule has 0 bridgehead atoms. The summed E-state index contributed by atoms with van der Waals surface area (Å²) in [6.07, 6.45) is 6.78. The number of nitrogens with one attached hydrogen (secondary N) is 1. The van der Waals surface area contributed by atoms with E-state index >= 15 is 0 Å². The number of amides is 4. The van der Waals surface area contributed by atoms with Gasteiger partial charge in [-0.05, 0) is 49.5 Å². The highest BCUT2D eigenvalue weighted by molar-refractivity contribution is 6.12. The molecule has 302 valence electrons. The number of aliphatic imine (C=N–C) groups is 1. The monoisotopic (exact) mass is 762 g/mol. The van der Waals surface area contributed by atoms with Gasteiger partial charge in [-0.3, -0.25) is 29.0 Å². The second-order valence-electron chi connectivity index (χ2n) is 16.8. The van der Waals surface area contributed by atoms with E-state index in [1.165, 1.54) is 19.5 Å². The van der Waals surface area contributed by atoms with E-state index in [4.69, 9.17) is 15.2 Å². The summed E-state index contributed by atoms with van der Waals surface area (Å²) in [6.45, 7) is 12.8. The van der Waals surface area contributed by atoms with Crippen molar-refractivity contribution in [3.8, 4) is 0 Å². The minimum atomic E-state index is -0.988. The van der Waals surface area contributed by atoms with E-state index in [1.807, 2.05) is 42.2 Å². The Hall–Kier alpha value is -4.26. The maximum atomic E-state index is 14.6. The number of rotatable bonds is 16. The molecule has 5 rings (SSSR count). The molecule has 0 radical (unpaired) electrons. The molecule has 1 aromatic carbocycles. The van der Waals surface area contributed by atoms with Gasteiger partial charge in [0.25, 0.3) is 5.91 Å². The summed E-state index contributed by atoms with van der Waals surface area (Å²) in [5.41, 5.74) is 6.42. The number of benzene rings is 1. The zero-order chi connectivity index (χ0) is 39.9. The fraction of sp³-hybridized carbons (Fsp3) is 0.667. The Morgan fingerprint density at radius 2 is 1.65 bits per heavy atom. The van der Waals surface area contributed by atoms with Gasteiger partial charge in [-0.15, -0.1) is 0 Å². The fourth-order valence-electron chi connectivity index (χ4n) is 8.50. The number of piperidine rings is 1. The largest absolute Gasteiger partial charge is 0.469 e.